The lowest BCUT2D eigenvalue weighted by atomic mass is 9.91. The maximum Gasteiger partial charge on any atom is 0.254 e. The molecule has 0 atom stereocenters. The largest absolute Gasteiger partial charge is 0.339 e. The average Bonchev–Trinajstić information content (AvgIpc) is 2.24. The van der Waals surface area contributed by atoms with Gasteiger partial charge in [0.15, 0.2) is 0 Å². The molecule has 2 N–H and O–H groups in total. The summed E-state index contributed by atoms with van der Waals surface area (Å²) < 4.78 is 22.5. The molecule has 1 saturated carbocycles. The molecule has 1 aromatic rings. The molecular weight excluding hydrogens is 264 g/mol. The minimum Gasteiger partial charge on any atom is -0.339 e. The van der Waals surface area contributed by atoms with Gasteiger partial charge in [-0.05, 0) is 49.9 Å². The molecule has 0 aromatic heterocycles. The molecule has 5 nitrogen and oxygen atoms in total. The van der Waals surface area contributed by atoms with Crippen molar-refractivity contribution in [3.63, 3.8) is 0 Å². The van der Waals surface area contributed by atoms with E-state index in [0.717, 1.165) is 19.3 Å². The van der Waals surface area contributed by atoms with E-state index >= 15 is 0 Å². The Morgan fingerprint density at radius 3 is 2.42 bits per heavy atom. The van der Waals surface area contributed by atoms with E-state index in [1.807, 2.05) is 0 Å². The lowest BCUT2D eigenvalue weighted by molar-refractivity contribution is 0.0651. The maximum absolute atomic E-state index is 12.3. The standard InChI is InChI=1S/C13H18N2O3S/c1-9-8-11(19(14,17)18)6-7-12(9)13(16)15(2)10-4-3-5-10/h6-8,10H,3-5H2,1-2H3,(H2,14,17,18). The molecule has 0 heterocycles. The third-order valence-electron chi connectivity index (χ3n) is 3.70. The van der Waals surface area contributed by atoms with Crippen molar-refractivity contribution in [3.8, 4) is 0 Å². The van der Waals surface area contributed by atoms with E-state index in [4.69, 9.17) is 5.14 Å². The minimum atomic E-state index is -3.72. The molecule has 0 bridgehead atoms. The van der Waals surface area contributed by atoms with Gasteiger partial charge in [0.05, 0.1) is 4.90 Å². The van der Waals surface area contributed by atoms with Gasteiger partial charge in [-0.1, -0.05) is 0 Å². The number of primary sulfonamides is 1. The highest BCUT2D eigenvalue weighted by Gasteiger charge is 2.27. The fraction of sp³-hybridized carbons (Fsp3) is 0.462. The van der Waals surface area contributed by atoms with Crippen molar-refractivity contribution < 1.29 is 13.2 Å². The van der Waals surface area contributed by atoms with Crippen LogP contribution >= 0.6 is 0 Å². The molecule has 0 unspecified atom stereocenters. The second-order valence-corrected chi connectivity index (χ2v) is 6.58. The number of sulfonamides is 1. The van der Waals surface area contributed by atoms with Crippen LogP contribution in [0.1, 0.15) is 35.2 Å². The monoisotopic (exact) mass is 282 g/mol. The van der Waals surface area contributed by atoms with Crippen LogP contribution in [0.5, 0.6) is 0 Å². The number of nitrogens with two attached hydrogens (primary N) is 1. The van der Waals surface area contributed by atoms with Gasteiger partial charge in [-0.15, -0.1) is 0 Å². The highest BCUT2D eigenvalue weighted by atomic mass is 32.2. The number of carbonyl (C=O) groups excluding carboxylic acids is 1. The number of amides is 1. The van der Waals surface area contributed by atoms with Gasteiger partial charge in [0, 0.05) is 18.7 Å². The number of carbonyl (C=O) groups is 1. The van der Waals surface area contributed by atoms with Crippen LogP contribution in [0, 0.1) is 6.92 Å². The predicted octanol–water partition coefficient (Wildman–Crippen LogP) is 1.27. The summed E-state index contributed by atoms with van der Waals surface area (Å²) in [7, 11) is -1.93. The summed E-state index contributed by atoms with van der Waals surface area (Å²) in [5.41, 5.74) is 1.16. The van der Waals surface area contributed by atoms with Gasteiger partial charge in [-0.2, -0.15) is 0 Å². The molecule has 1 amide bonds. The first-order valence-electron chi connectivity index (χ1n) is 6.21. The van der Waals surface area contributed by atoms with E-state index in [1.165, 1.54) is 18.2 Å². The molecule has 0 aliphatic heterocycles. The van der Waals surface area contributed by atoms with Crippen LogP contribution in [0.4, 0.5) is 0 Å². The van der Waals surface area contributed by atoms with Crippen LogP contribution in [0.25, 0.3) is 0 Å². The number of hydrogen-bond acceptors (Lipinski definition) is 3. The Balaban J connectivity index is 2.28. The summed E-state index contributed by atoms with van der Waals surface area (Å²) in [6, 6.07) is 4.67. The Hall–Kier alpha value is -1.40. The zero-order valence-corrected chi connectivity index (χ0v) is 11.9. The van der Waals surface area contributed by atoms with Gasteiger partial charge < -0.3 is 4.90 Å². The molecule has 1 aliphatic carbocycles. The highest BCUT2D eigenvalue weighted by molar-refractivity contribution is 7.89. The van der Waals surface area contributed by atoms with Gasteiger partial charge >= 0.3 is 0 Å². The second kappa shape index (κ2) is 4.94. The Morgan fingerprint density at radius 2 is 2.00 bits per heavy atom. The molecule has 104 valence electrons. The zero-order valence-electron chi connectivity index (χ0n) is 11.1. The number of rotatable bonds is 3. The predicted molar refractivity (Wildman–Crippen MR) is 72.3 cm³/mol. The molecular formula is C13H18N2O3S. The number of aryl methyl sites for hydroxylation is 1. The van der Waals surface area contributed by atoms with Gasteiger partial charge in [-0.25, -0.2) is 13.6 Å². The van der Waals surface area contributed by atoms with E-state index < -0.39 is 10.0 Å². The quantitative estimate of drug-likeness (QED) is 0.906. The lowest BCUT2D eigenvalue weighted by Crippen LogP contribution is -2.41. The third kappa shape index (κ3) is 2.79. The molecule has 1 aromatic carbocycles. The third-order valence-corrected chi connectivity index (χ3v) is 4.61. The average molecular weight is 282 g/mol. The smallest absolute Gasteiger partial charge is 0.254 e. The number of hydrogen-bond donors (Lipinski definition) is 1. The first-order chi connectivity index (χ1) is 8.80. The Morgan fingerprint density at radius 1 is 1.37 bits per heavy atom. The SMILES string of the molecule is Cc1cc(S(N)(=O)=O)ccc1C(=O)N(C)C1CCC1. The first-order valence-corrected chi connectivity index (χ1v) is 7.76. The van der Waals surface area contributed by atoms with Crippen LogP contribution < -0.4 is 5.14 Å². The van der Waals surface area contributed by atoms with Crippen molar-refractivity contribution in [2.45, 2.75) is 37.1 Å². The summed E-state index contributed by atoms with van der Waals surface area (Å²) in [4.78, 5) is 14.1. The summed E-state index contributed by atoms with van der Waals surface area (Å²) in [5.74, 6) is -0.0665. The summed E-state index contributed by atoms with van der Waals surface area (Å²) in [6.07, 6.45) is 3.23. The van der Waals surface area contributed by atoms with Crippen molar-refractivity contribution in [2.24, 2.45) is 5.14 Å². The molecule has 1 aliphatic rings. The van der Waals surface area contributed by atoms with Crippen LogP contribution in [-0.2, 0) is 10.0 Å². The molecule has 6 heteroatoms. The van der Waals surface area contributed by atoms with Crippen LogP contribution in [0.2, 0.25) is 0 Å². The fourth-order valence-corrected chi connectivity index (χ4v) is 2.78. The molecule has 19 heavy (non-hydrogen) atoms. The topological polar surface area (TPSA) is 80.5 Å². The molecule has 0 saturated heterocycles. The molecule has 2 rings (SSSR count). The van der Waals surface area contributed by atoms with Crippen molar-refractivity contribution >= 4 is 15.9 Å². The summed E-state index contributed by atoms with van der Waals surface area (Å²) in [6.45, 7) is 1.72. The summed E-state index contributed by atoms with van der Waals surface area (Å²) >= 11 is 0. The van der Waals surface area contributed by atoms with Crippen LogP contribution in [-0.4, -0.2) is 32.3 Å². The molecule has 0 spiro atoms. The van der Waals surface area contributed by atoms with E-state index in [1.54, 1.807) is 18.9 Å². The van der Waals surface area contributed by atoms with Crippen molar-refractivity contribution in [2.75, 3.05) is 7.05 Å². The molecule has 1 fully saturated rings. The van der Waals surface area contributed by atoms with E-state index in [9.17, 15) is 13.2 Å². The normalized spacial score (nSPS) is 15.9. The Kier molecular flexibility index (Phi) is 3.64. The van der Waals surface area contributed by atoms with Crippen molar-refractivity contribution in [3.05, 3.63) is 29.3 Å². The van der Waals surface area contributed by atoms with Crippen LogP contribution in [0.15, 0.2) is 23.1 Å². The van der Waals surface area contributed by atoms with E-state index in [-0.39, 0.29) is 10.8 Å². The van der Waals surface area contributed by atoms with Gasteiger partial charge in [0.25, 0.3) is 5.91 Å². The number of nitrogens with zero attached hydrogens (tertiary/aromatic N) is 1. The van der Waals surface area contributed by atoms with E-state index in [0.29, 0.717) is 17.2 Å². The maximum atomic E-state index is 12.3. The number of benzene rings is 1. The minimum absolute atomic E-state index is 0.0350. The zero-order chi connectivity index (χ0) is 14.2. The Labute approximate surface area is 113 Å². The first kappa shape index (κ1) is 14.0. The van der Waals surface area contributed by atoms with E-state index in [2.05, 4.69) is 0 Å². The summed E-state index contributed by atoms with van der Waals surface area (Å²) in [5, 5.41) is 5.07. The second-order valence-electron chi connectivity index (χ2n) is 5.02. The van der Waals surface area contributed by atoms with Gasteiger partial charge in [0.2, 0.25) is 10.0 Å². The van der Waals surface area contributed by atoms with Gasteiger partial charge in [0.1, 0.15) is 0 Å². The van der Waals surface area contributed by atoms with Crippen LogP contribution in [0.3, 0.4) is 0 Å². The van der Waals surface area contributed by atoms with Crippen molar-refractivity contribution in [1.82, 2.24) is 4.90 Å². The van der Waals surface area contributed by atoms with Gasteiger partial charge in [-0.3, -0.25) is 4.79 Å². The highest BCUT2D eigenvalue weighted by Crippen LogP contribution is 2.25. The van der Waals surface area contributed by atoms with Crippen molar-refractivity contribution in [1.29, 1.82) is 0 Å². The Bertz CT molecular complexity index is 606. The fourth-order valence-electron chi connectivity index (χ4n) is 2.18. The molecule has 0 radical (unpaired) electrons. The lowest BCUT2D eigenvalue weighted by Gasteiger charge is -2.35.